The third-order valence-electron chi connectivity index (χ3n) is 4.47. The molecule has 0 aliphatic heterocycles. The summed E-state index contributed by atoms with van der Waals surface area (Å²) in [5.74, 6) is 0. The number of hydrogen-bond donors (Lipinski definition) is 1. The van der Waals surface area contributed by atoms with Gasteiger partial charge >= 0.3 is 0 Å². The van der Waals surface area contributed by atoms with E-state index < -0.39 is 0 Å². The zero-order valence-electron chi connectivity index (χ0n) is 12.6. The lowest BCUT2D eigenvalue weighted by molar-refractivity contribution is 0.123. The van der Waals surface area contributed by atoms with E-state index in [0.29, 0.717) is 12.1 Å². The molecule has 1 aliphatic rings. The molecule has 1 aliphatic carbocycles. The van der Waals surface area contributed by atoms with Crippen LogP contribution in [0.3, 0.4) is 0 Å². The molecule has 0 amide bonds. The molecule has 106 valence electrons. The summed E-state index contributed by atoms with van der Waals surface area (Å²) >= 11 is 0. The van der Waals surface area contributed by atoms with Crippen LogP contribution < -0.4 is 5.73 Å². The van der Waals surface area contributed by atoms with E-state index in [4.69, 9.17) is 5.73 Å². The topological polar surface area (TPSA) is 29.3 Å². The van der Waals surface area contributed by atoms with Crippen molar-refractivity contribution >= 4 is 0 Å². The van der Waals surface area contributed by atoms with E-state index in [2.05, 4.69) is 50.1 Å². The Morgan fingerprint density at radius 3 is 2.47 bits per heavy atom. The molecule has 0 heterocycles. The average Bonchev–Trinajstić information content (AvgIpc) is 2.39. The van der Waals surface area contributed by atoms with Gasteiger partial charge in [-0.2, -0.15) is 0 Å². The lowest BCUT2D eigenvalue weighted by Crippen LogP contribution is -2.43. The first-order chi connectivity index (χ1) is 9.09. The molecule has 1 saturated carbocycles. The Morgan fingerprint density at radius 1 is 1.21 bits per heavy atom. The molecule has 0 aromatic heterocycles. The molecule has 0 saturated heterocycles. The zero-order chi connectivity index (χ0) is 13.8. The van der Waals surface area contributed by atoms with E-state index in [1.807, 2.05) is 0 Å². The normalized spacial score (nSPS) is 20.5. The van der Waals surface area contributed by atoms with Crippen LogP contribution in [0.5, 0.6) is 0 Å². The summed E-state index contributed by atoms with van der Waals surface area (Å²) in [7, 11) is 2.26. The standard InChI is InChI=1S/C17H28N2/c1-13-8-7-9-15(12-13)17(14(2)18)19(3)16-10-5-4-6-11-16/h7-9,12,14,16-17H,4-6,10-11,18H2,1-3H3. The van der Waals surface area contributed by atoms with Crippen LogP contribution in [0.25, 0.3) is 0 Å². The number of nitrogens with two attached hydrogens (primary N) is 1. The van der Waals surface area contributed by atoms with Crippen LogP contribution in [-0.4, -0.2) is 24.0 Å². The molecular weight excluding hydrogens is 232 g/mol. The fourth-order valence-corrected chi connectivity index (χ4v) is 3.48. The van der Waals surface area contributed by atoms with Crippen molar-refractivity contribution in [2.24, 2.45) is 5.73 Å². The Balaban J connectivity index is 2.19. The molecule has 1 aromatic carbocycles. The first-order valence-electron chi connectivity index (χ1n) is 7.63. The first kappa shape index (κ1) is 14.5. The van der Waals surface area contributed by atoms with Gasteiger partial charge in [0.25, 0.3) is 0 Å². The molecule has 2 rings (SSSR count). The molecule has 1 aromatic rings. The highest BCUT2D eigenvalue weighted by atomic mass is 15.2. The summed E-state index contributed by atoms with van der Waals surface area (Å²) in [6.07, 6.45) is 6.79. The summed E-state index contributed by atoms with van der Waals surface area (Å²) in [4.78, 5) is 2.53. The van der Waals surface area contributed by atoms with Crippen molar-refractivity contribution in [3.63, 3.8) is 0 Å². The Hall–Kier alpha value is -0.860. The van der Waals surface area contributed by atoms with Crippen LogP contribution in [0.2, 0.25) is 0 Å². The molecule has 2 nitrogen and oxygen atoms in total. The summed E-state index contributed by atoms with van der Waals surface area (Å²) in [5, 5.41) is 0. The van der Waals surface area contributed by atoms with Gasteiger partial charge in [0, 0.05) is 18.1 Å². The van der Waals surface area contributed by atoms with Gasteiger partial charge in [-0.3, -0.25) is 4.90 Å². The van der Waals surface area contributed by atoms with Gasteiger partial charge < -0.3 is 5.73 Å². The minimum absolute atomic E-state index is 0.161. The van der Waals surface area contributed by atoms with E-state index in [1.54, 1.807) is 0 Å². The Kier molecular flexibility index (Phi) is 5.00. The Morgan fingerprint density at radius 2 is 1.89 bits per heavy atom. The van der Waals surface area contributed by atoms with Crippen LogP contribution in [0, 0.1) is 6.92 Å². The minimum Gasteiger partial charge on any atom is -0.326 e. The maximum Gasteiger partial charge on any atom is 0.0496 e. The van der Waals surface area contributed by atoms with Gasteiger partial charge in [0.15, 0.2) is 0 Å². The van der Waals surface area contributed by atoms with Gasteiger partial charge in [-0.05, 0) is 39.3 Å². The predicted octanol–water partition coefficient (Wildman–Crippen LogP) is 3.65. The Bertz CT molecular complexity index is 394. The van der Waals surface area contributed by atoms with E-state index in [0.717, 1.165) is 0 Å². The van der Waals surface area contributed by atoms with E-state index in [-0.39, 0.29) is 6.04 Å². The van der Waals surface area contributed by atoms with Crippen LogP contribution in [0.15, 0.2) is 24.3 Å². The summed E-state index contributed by atoms with van der Waals surface area (Å²) in [6.45, 7) is 4.29. The molecule has 2 atom stereocenters. The van der Waals surface area contributed by atoms with Crippen molar-refractivity contribution in [1.82, 2.24) is 4.90 Å². The summed E-state index contributed by atoms with van der Waals surface area (Å²) < 4.78 is 0. The average molecular weight is 260 g/mol. The quantitative estimate of drug-likeness (QED) is 0.895. The number of hydrogen-bond acceptors (Lipinski definition) is 2. The van der Waals surface area contributed by atoms with Gasteiger partial charge in [0.2, 0.25) is 0 Å². The fraction of sp³-hybridized carbons (Fsp3) is 0.647. The molecule has 0 radical (unpaired) electrons. The van der Waals surface area contributed by atoms with E-state index in [9.17, 15) is 0 Å². The van der Waals surface area contributed by atoms with Crippen LogP contribution in [0.1, 0.15) is 56.2 Å². The molecule has 2 N–H and O–H groups in total. The predicted molar refractivity (Wildman–Crippen MR) is 82.2 cm³/mol. The van der Waals surface area contributed by atoms with Crippen molar-refractivity contribution in [3.8, 4) is 0 Å². The highest BCUT2D eigenvalue weighted by Gasteiger charge is 2.27. The van der Waals surface area contributed by atoms with Crippen molar-refractivity contribution in [2.45, 2.75) is 64.1 Å². The summed E-state index contributed by atoms with van der Waals surface area (Å²) in [5.41, 5.74) is 8.97. The monoisotopic (exact) mass is 260 g/mol. The Labute approximate surface area is 118 Å². The molecule has 1 fully saturated rings. The van der Waals surface area contributed by atoms with E-state index >= 15 is 0 Å². The third kappa shape index (κ3) is 3.58. The van der Waals surface area contributed by atoms with Crippen molar-refractivity contribution < 1.29 is 0 Å². The number of nitrogens with zero attached hydrogens (tertiary/aromatic N) is 1. The van der Waals surface area contributed by atoms with E-state index in [1.165, 1.54) is 43.2 Å². The van der Waals surface area contributed by atoms with Crippen LogP contribution in [0.4, 0.5) is 0 Å². The molecular formula is C17H28N2. The second kappa shape index (κ2) is 6.53. The highest BCUT2D eigenvalue weighted by Crippen LogP contribution is 2.30. The maximum atomic E-state index is 6.28. The number of likely N-dealkylation sites (N-methyl/N-ethyl adjacent to an activating group) is 1. The van der Waals surface area contributed by atoms with Gasteiger partial charge in [-0.15, -0.1) is 0 Å². The zero-order valence-corrected chi connectivity index (χ0v) is 12.6. The largest absolute Gasteiger partial charge is 0.326 e. The van der Waals surface area contributed by atoms with Crippen molar-refractivity contribution in [1.29, 1.82) is 0 Å². The molecule has 2 unspecified atom stereocenters. The lowest BCUT2D eigenvalue weighted by atomic mass is 9.90. The number of rotatable bonds is 4. The maximum absolute atomic E-state index is 6.28. The molecule has 19 heavy (non-hydrogen) atoms. The van der Waals surface area contributed by atoms with Crippen molar-refractivity contribution in [3.05, 3.63) is 35.4 Å². The molecule has 0 spiro atoms. The number of aryl methyl sites for hydroxylation is 1. The molecule has 2 heteroatoms. The van der Waals surface area contributed by atoms with Gasteiger partial charge in [0.05, 0.1) is 0 Å². The fourth-order valence-electron chi connectivity index (χ4n) is 3.48. The number of benzene rings is 1. The second-order valence-corrected chi connectivity index (χ2v) is 6.18. The minimum atomic E-state index is 0.161. The van der Waals surface area contributed by atoms with Gasteiger partial charge in [-0.1, -0.05) is 49.1 Å². The smallest absolute Gasteiger partial charge is 0.0496 e. The van der Waals surface area contributed by atoms with Gasteiger partial charge in [0.1, 0.15) is 0 Å². The third-order valence-corrected chi connectivity index (χ3v) is 4.47. The van der Waals surface area contributed by atoms with Gasteiger partial charge in [-0.25, -0.2) is 0 Å². The SMILES string of the molecule is Cc1cccc(C(C(C)N)N(C)C2CCCCC2)c1. The van der Waals surface area contributed by atoms with Crippen LogP contribution >= 0.6 is 0 Å². The van der Waals surface area contributed by atoms with Crippen molar-refractivity contribution in [2.75, 3.05) is 7.05 Å². The second-order valence-electron chi connectivity index (χ2n) is 6.18. The first-order valence-corrected chi connectivity index (χ1v) is 7.63. The molecule has 0 bridgehead atoms. The lowest BCUT2D eigenvalue weighted by Gasteiger charge is -2.39. The van der Waals surface area contributed by atoms with Crippen LogP contribution in [-0.2, 0) is 0 Å². The highest BCUT2D eigenvalue weighted by molar-refractivity contribution is 5.26. The summed E-state index contributed by atoms with van der Waals surface area (Å²) in [6, 6.07) is 10.0.